The van der Waals surface area contributed by atoms with E-state index in [4.69, 9.17) is 4.74 Å². The highest BCUT2D eigenvalue weighted by Crippen LogP contribution is 2.17. The molecule has 2 aromatic carbocycles. The highest BCUT2D eigenvalue weighted by Gasteiger charge is 2.06. The Morgan fingerprint density at radius 2 is 1.57 bits per heavy atom. The minimum absolute atomic E-state index is 0.135. The van der Waals surface area contributed by atoms with Crippen molar-refractivity contribution in [1.82, 2.24) is 4.98 Å². The molecule has 0 fully saturated rings. The molecule has 3 rings (SSSR count). The van der Waals surface area contributed by atoms with Gasteiger partial charge in [0.15, 0.2) is 0 Å². The third kappa shape index (κ3) is 5.81. The first-order valence-electron chi connectivity index (χ1n) is 9.47. The predicted molar refractivity (Wildman–Crippen MR) is 114 cm³/mol. The molecule has 0 bridgehead atoms. The molecule has 3 aromatic rings. The van der Waals surface area contributed by atoms with Gasteiger partial charge in [0, 0.05) is 23.6 Å². The Balaban J connectivity index is 1.56. The summed E-state index contributed by atoms with van der Waals surface area (Å²) in [4.78, 5) is 16.4. The van der Waals surface area contributed by atoms with Crippen molar-refractivity contribution in [3.8, 4) is 5.75 Å². The summed E-state index contributed by atoms with van der Waals surface area (Å²) in [6.07, 6.45) is 9.68. The number of pyridine rings is 1. The van der Waals surface area contributed by atoms with Gasteiger partial charge in [-0.15, -0.1) is 0 Å². The van der Waals surface area contributed by atoms with Gasteiger partial charge in [-0.3, -0.25) is 9.78 Å². The first-order valence-corrected chi connectivity index (χ1v) is 9.47. The SMILES string of the molecule is CCCCOc1ccc(NC(=O)c2ccc(/C=C/c3ccncc3)cc2)cc1. The minimum atomic E-state index is -0.135. The summed E-state index contributed by atoms with van der Waals surface area (Å²) >= 11 is 0. The van der Waals surface area contributed by atoms with Crippen LogP contribution in [0.15, 0.2) is 73.1 Å². The molecule has 0 aliphatic heterocycles. The molecule has 0 unspecified atom stereocenters. The molecule has 0 aliphatic rings. The molecule has 0 atom stereocenters. The monoisotopic (exact) mass is 372 g/mol. The van der Waals surface area contributed by atoms with Crippen molar-refractivity contribution in [3.05, 3.63) is 89.7 Å². The van der Waals surface area contributed by atoms with E-state index >= 15 is 0 Å². The summed E-state index contributed by atoms with van der Waals surface area (Å²) in [6, 6.07) is 18.8. The Kier molecular flexibility index (Phi) is 6.96. The van der Waals surface area contributed by atoms with Crippen LogP contribution in [-0.4, -0.2) is 17.5 Å². The molecule has 1 aromatic heterocycles. The van der Waals surface area contributed by atoms with Crippen molar-refractivity contribution in [2.24, 2.45) is 0 Å². The fraction of sp³-hybridized carbons (Fsp3) is 0.167. The number of carbonyl (C=O) groups is 1. The summed E-state index contributed by atoms with van der Waals surface area (Å²) < 4.78 is 5.64. The summed E-state index contributed by atoms with van der Waals surface area (Å²) in [5.41, 5.74) is 3.47. The van der Waals surface area contributed by atoms with Crippen LogP contribution >= 0.6 is 0 Å². The Bertz CT molecular complexity index is 902. The van der Waals surface area contributed by atoms with E-state index in [1.807, 2.05) is 72.8 Å². The van der Waals surface area contributed by atoms with Crippen LogP contribution in [0.4, 0.5) is 5.69 Å². The molecule has 0 aliphatic carbocycles. The lowest BCUT2D eigenvalue weighted by molar-refractivity contribution is 0.102. The van der Waals surface area contributed by atoms with Crippen LogP contribution in [0, 0.1) is 0 Å². The number of carbonyl (C=O) groups excluding carboxylic acids is 1. The summed E-state index contributed by atoms with van der Waals surface area (Å²) in [6.45, 7) is 2.84. The van der Waals surface area contributed by atoms with E-state index in [1.165, 1.54) is 0 Å². The van der Waals surface area contributed by atoms with Gasteiger partial charge >= 0.3 is 0 Å². The van der Waals surface area contributed by atoms with Crippen LogP contribution in [0.5, 0.6) is 5.75 Å². The van der Waals surface area contributed by atoms with E-state index in [0.717, 1.165) is 35.4 Å². The summed E-state index contributed by atoms with van der Waals surface area (Å²) in [7, 11) is 0. The Morgan fingerprint density at radius 1 is 0.929 bits per heavy atom. The van der Waals surface area contributed by atoms with E-state index in [1.54, 1.807) is 12.4 Å². The molecule has 0 spiro atoms. The molecular formula is C24H24N2O2. The van der Waals surface area contributed by atoms with E-state index in [2.05, 4.69) is 17.2 Å². The fourth-order valence-electron chi connectivity index (χ4n) is 2.58. The van der Waals surface area contributed by atoms with Crippen LogP contribution in [0.3, 0.4) is 0 Å². The molecule has 142 valence electrons. The molecular weight excluding hydrogens is 348 g/mol. The lowest BCUT2D eigenvalue weighted by atomic mass is 10.1. The number of nitrogens with zero attached hydrogens (tertiary/aromatic N) is 1. The molecule has 28 heavy (non-hydrogen) atoms. The Hall–Kier alpha value is -3.40. The highest BCUT2D eigenvalue weighted by molar-refractivity contribution is 6.04. The number of hydrogen-bond acceptors (Lipinski definition) is 3. The number of ether oxygens (including phenoxy) is 1. The van der Waals surface area contributed by atoms with Crippen molar-refractivity contribution < 1.29 is 9.53 Å². The number of unbranched alkanes of at least 4 members (excludes halogenated alkanes) is 1. The third-order valence-corrected chi connectivity index (χ3v) is 4.23. The zero-order valence-electron chi connectivity index (χ0n) is 16.0. The van der Waals surface area contributed by atoms with Crippen molar-refractivity contribution in [1.29, 1.82) is 0 Å². The number of aromatic nitrogens is 1. The van der Waals surface area contributed by atoms with E-state index in [9.17, 15) is 4.79 Å². The van der Waals surface area contributed by atoms with Crippen molar-refractivity contribution in [2.45, 2.75) is 19.8 Å². The minimum Gasteiger partial charge on any atom is -0.494 e. The zero-order valence-corrected chi connectivity index (χ0v) is 16.0. The number of anilines is 1. The molecule has 1 amide bonds. The molecule has 0 saturated heterocycles. The van der Waals surface area contributed by atoms with Gasteiger partial charge in [-0.1, -0.05) is 37.6 Å². The largest absolute Gasteiger partial charge is 0.494 e. The molecule has 1 heterocycles. The maximum absolute atomic E-state index is 12.4. The number of benzene rings is 2. The molecule has 1 N–H and O–H groups in total. The number of hydrogen-bond donors (Lipinski definition) is 1. The lowest BCUT2D eigenvalue weighted by Crippen LogP contribution is -2.11. The lowest BCUT2D eigenvalue weighted by Gasteiger charge is -2.08. The smallest absolute Gasteiger partial charge is 0.255 e. The van der Waals surface area contributed by atoms with Crippen molar-refractivity contribution in [2.75, 3.05) is 11.9 Å². The van der Waals surface area contributed by atoms with E-state index in [-0.39, 0.29) is 5.91 Å². The molecule has 4 nitrogen and oxygen atoms in total. The Morgan fingerprint density at radius 3 is 2.21 bits per heavy atom. The predicted octanol–water partition coefficient (Wildman–Crippen LogP) is 5.68. The standard InChI is InChI=1S/C24H24N2O2/c1-2-3-18-28-23-12-10-22(11-13-23)26-24(27)21-8-6-19(7-9-21)4-5-20-14-16-25-17-15-20/h4-17H,2-3,18H2,1H3,(H,26,27)/b5-4+. The van der Waals surface area contributed by atoms with Gasteiger partial charge in [-0.25, -0.2) is 0 Å². The second-order valence-electron chi connectivity index (χ2n) is 6.42. The maximum Gasteiger partial charge on any atom is 0.255 e. The van der Waals surface area contributed by atoms with Gasteiger partial charge in [-0.2, -0.15) is 0 Å². The second kappa shape index (κ2) is 10.1. The van der Waals surface area contributed by atoms with Crippen molar-refractivity contribution >= 4 is 23.7 Å². The van der Waals surface area contributed by atoms with Gasteiger partial charge in [0.2, 0.25) is 0 Å². The normalized spacial score (nSPS) is 10.8. The Labute approximate surface area is 165 Å². The van der Waals surface area contributed by atoms with Crippen LogP contribution in [0.1, 0.15) is 41.3 Å². The van der Waals surface area contributed by atoms with Crippen LogP contribution in [-0.2, 0) is 0 Å². The van der Waals surface area contributed by atoms with E-state index < -0.39 is 0 Å². The van der Waals surface area contributed by atoms with Crippen LogP contribution in [0.25, 0.3) is 12.2 Å². The quantitative estimate of drug-likeness (QED) is 0.517. The number of amides is 1. The van der Waals surface area contributed by atoms with Gasteiger partial charge in [0.25, 0.3) is 5.91 Å². The van der Waals surface area contributed by atoms with Gasteiger partial charge in [0.1, 0.15) is 5.75 Å². The molecule has 0 saturated carbocycles. The maximum atomic E-state index is 12.4. The molecule has 0 radical (unpaired) electrons. The van der Waals surface area contributed by atoms with Crippen LogP contribution in [0.2, 0.25) is 0 Å². The van der Waals surface area contributed by atoms with Gasteiger partial charge < -0.3 is 10.1 Å². The average molecular weight is 372 g/mol. The highest BCUT2D eigenvalue weighted by atomic mass is 16.5. The number of nitrogens with one attached hydrogen (secondary N) is 1. The van der Waals surface area contributed by atoms with Gasteiger partial charge in [-0.05, 0) is 66.1 Å². The first kappa shape index (κ1) is 19.4. The van der Waals surface area contributed by atoms with E-state index in [0.29, 0.717) is 12.2 Å². The van der Waals surface area contributed by atoms with Gasteiger partial charge in [0.05, 0.1) is 6.61 Å². The van der Waals surface area contributed by atoms with Crippen molar-refractivity contribution in [3.63, 3.8) is 0 Å². The topological polar surface area (TPSA) is 51.2 Å². The molecule has 4 heteroatoms. The fourth-order valence-corrected chi connectivity index (χ4v) is 2.58. The third-order valence-electron chi connectivity index (χ3n) is 4.23. The zero-order chi connectivity index (χ0) is 19.6. The summed E-state index contributed by atoms with van der Waals surface area (Å²) in [5, 5.41) is 2.91. The number of rotatable bonds is 8. The van der Waals surface area contributed by atoms with Crippen LogP contribution < -0.4 is 10.1 Å². The second-order valence-corrected chi connectivity index (χ2v) is 6.42. The summed E-state index contributed by atoms with van der Waals surface area (Å²) in [5.74, 6) is 0.682. The first-order chi connectivity index (χ1) is 13.7. The average Bonchev–Trinajstić information content (AvgIpc) is 2.75.